The van der Waals surface area contributed by atoms with Crippen molar-refractivity contribution in [1.82, 2.24) is 9.88 Å². The smallest absolute Gasteiger partial charge is 0.328 e. The third-order valence-corrected chi connectivity index (χ3v) is 8.58. The van der Waals surface area contributed by atoms with Gasteiger partial charge in [0, 0.05) is 46.2 Å². The Morgan fingerprint density at radius 3 is 2.84 bits per heavy atom. The third kappa shape index (κ3) is 2.32. The summed E-state index contributed by atoms with van der Waals surface area (Å²) in [6.07, 6.45) is 6.04. The first kappa shape index (κ1) is 18.6. The van der Waals surface area contributed by atoms with Gasteiger partial charge in [-0.25, -0.2) is 9.18 Å². The largest absolute Gasteiger partial charge is 0.478 e. The fourth-order valence-corrected chi connectivity index (χ4v) is 7.45. The van der Waals surface area contributed by atoms with E-state index in [1.54, 1.807) is 0 Å². The van der Waals surface area contributed by atoms with Gasteiger partial charge in [-0.1, -0.05) is 24.3 Å². The van der Waals surface area contributed by atoms with Gasteiger partial charge in [-0.15, -0.1) is 0 Å². The van der Waals surface area contributed by atoms with Crippen LogP contribution in [0.4, 0.5) is 4.39 Å². The zero-order valence-corrected chi connectivity index (χ0v) is 17.9. The second-order valence-electron chi connectivity index (χ2n) is 10.2. The van der Waals surface area contributed by atoms with Gasteiger partial charge >= 0.3 is 5.97 Å². The lowest BCUT2D eigenvalue weighted by Crippen LogP contribution is -2.53. The van der Waals surface area contributed by atoms with E-state index >= 15 is 4.39 Å². The molecular weight excluding hydrogens is 403 g/mol. The van der Waals surface area contributed by atoms with Gasteiger partial charge in [-0.05, 0) is 72.9 Å². The summed E-state index contributed by atoms with van der Waals surface area (Å²) in [6.45, 7) is 2.30. The Labute approximate surface area is 185 Å². The summed E-state index contributed by atoms with van der Waals surface area (Å²) < 4.78 is 15.9. The van der Waals surface area contributed by atoms with Crippen molar-refractivity contribution in [2.75, 3.05) is 0 Å². The molecule has 3 fully saturated rings. The number of aromatic amines is 1. The molecule has 162 valence electrons. The van der Waals surface area contributed by atoms with E-state index in [1.165, 1.54) is 35.9 Å². The molecule has 3 aromatic rings. The number of nitrogens with one attached hydrogen (secondary N) is 1. The van der Waals surface area contributed by atoms with Gasteiger partial charge in [0.1, 0.15) is 5.82 Å². The van der Waals surface area contributed by atoms with Crippen LogP contribution in [0.15, 0.2) is 42.5 Å². The molecule has 5 aliphatic rings. The van der Waals surface area contributed by atoms with Crippen molar-refractivity contribution in [3.05, 3.63) is 76.2 Å². The summed E-state index contributed by atoms with van der Waals surface area (Å²) in [5, 5.41) is 10.3. The van der Waals surface area contributed by atoms with Crippen LogP contribution in [0.5, 0.6) is 0 Å². The number of hydrogen-bond donors (Lipinski definition) is 2. The number of aromatic nitrogens is 1. The van der Waals surface area contributed by atoms with Gasteiger partial charge in [-0.2, -0.15) is 0 Å². The summed E-state index contributed by atoms with van der Waals surface area (Å²) >= 11 is 0. The molecule has 4 atom stereocenters. The Kier molecular flexibility index (Phi) is 3.68. The van der Waals surface area contributed by atoms with Crippen molar-refractivity contribution in [2.24, 2.45) is 11.8 Å². The van der Waals surface area contributed by atoms with E-state index < -0.39 is 5.97 Å². The molecule has 8 rings (SSSR count). The average Bonchev–Trinajstić information content (AvgIpc) is 3.40. The second-order valence-corrected chi connectivity index (χ2v) is 10.2. The lowest BCUT2D eigenvalue weighted by Gasteiger charge is -2.51. The van der Waals surface area contributed by atoms with Crippen LogP contribution in [0.2, 0.25) is 0 Å². The van der Waals surface area contributed by atoms with Crippen LogP contribution < -0.4 is 0 Å². The lowest BCUT2D eigenvalue weighted by atomic mass is 9.75. The molecule has 0 radical (unpaired) electrons. The Morgan fingerprint density at radius 1 is 1.22 bits per heavy atom. The van der Waals surface area contributed by atoms with Gasteiger partial charge in [0.15, 0.2) is 0 Å². The predicted molar refractivity (Wildman–Crippen MR) is 121 cm³/mol. The molecule has 0 spiro atoms. The Bertz CT molecular complexity index is 1320. The molecule has 2 N–H and O–H groups in total. The number of benzene rings is 2. The van der Waals surface area contributed by atoms with Crippen molar-refractivity contribution in [3.8, 4) is 0 Å². The number of fused-ring (bicyclic) bond motifs is 7. The van der Waals surface area contributed by atoms with Crippen molar-refractivity contribution >= 4 is 22.9 Å². The maximum absolute atomic E-state index is 15.9. The predicted octanol–water partition coefficient (Wildman–Crippen LogP) is 5.25. The normalized spacial score (nSPS) is 32.3. The molecule has 5 heteroatoms. The lowest BCUT2D eigenvalue weighted by molar-refractivity contribution is -0.131. The van der Waals surface area contributed by atoms with Crippen molar-refractivity contribution in [1.29, 1.82) is 0 Å². The van der Waals surface area contributed by atoms with Crippen LogP contribution in [0.3, 0.4) is 0 Å². The van der Waals surface area contributed by atoms with E-state index in [-0.39, 0.29) is 11.9 Å². The Hall–Kier alpha value is -2.92. The summed E-state index contributed by atoms with van der Waals surface area (Å²) in [5.41, 5.74) is 6.11. The van der Waals surface area contributed by atoms with Crippen LogP contribution in [-0.2, 0) is 11.2 Å². The summed E-state index contributed by atoms with van der Waals surface area (Å²) in [5.74, 6) is 0.393. The topological polar surface area (TPSA) is 56.3 Å². The number of rotatable bonds is 2. The number of H-pyrrole nitrogens is 1. The minimum atomic E-state index is -1.01. The maximum Gasteiger partial charge on any atom is 0.328 e. The molecule has 2 aromatic carbocycles. The standard InChI is InChI=1S/C27H25FN2O2/c1-13-8-18-17-4-2-3-5-21(17)29-25(18)27-24-19(9-14(10-20(24)28)6-7-22(31)32)23-15-11-16(12-15)26(23)30(13)27/h2-7,9-10,13,15-16,23,26-27,29H,8,11-12H2,1H3,(H,31,32)/b7-6+/t13-,15?,16?,23?,26-,27-/m1/s1. The molecule has 4 nitrogen and oxygen atoms in total. The highest BCUT2D eigenvalue weighted by molar-refractivity contribution is 5.86. The third-order valence-electron chi connectivity index (χ3n) is 8.58. The molecule has 0 amide bonds. The second kappa shape index (κ2) is 6.32. The zero-order valence-electron chi connectivity index (χ0n) is 17.9. The Morgan fingerprint density at radius 2 is 2.03 bits per heavy atom. The van der Waals surface area contributed by atoms with Gasteiger partial charge in [0.25, 0.3) is 0 Å². The SMILES string of the molecule is C[C@@H]1Cc2c([nH]c3ccccc23)[C@H]2c3c(F)cc(/C=C/C(=O)O)cc3C3C4CC(C4)[C@H]3N21. The van der Waals surface area contributed by atoms with Gasteiger partial charge in [0.2, 0.25) is 0 Å². The molecule has 1 unspecified atom stereocenters. The number of aliphatic carboxylic acids is 1. The van der Waals surface area contributed by atoms with E-state index in [2.05, 4.69) is 41.1 Å². The first-order chi connectivity index (χ1) is 15.5. The Balaban J connectivity index is 1.49. The number of halogens is 1. The molecule has 3 aliphatic carbocycles. The first-order valence-electron chi connectivity index (χ1n) is 11.6. The van der Waals surface area contributed by atoms with Crippen molar-refractivity contribution in [3.63, 3.8) is 0 Å². The van der Waals surface area contributed by atoms with Crippen molar-refractivity contribution < 1.29 is 14.3 Å². The zero-order chi connectivity index (χ0) is 21.7. The number of para-hydroxylation sites is 1. The summed E-state index contributed by atoms with van der Waals surface area (Å²) in [7, 11) is 0. The summed E-state index contributed by atoms with van der Waals surface area (Å²) in [6, 6.07) is 12.6. The minimum absolute atomic E-state index is 0.116. The number of carboxylic acid groups (broad SMARTS) is 1. The average molecular weight is 429 g/mol. The van der Waals surface area contributed by atoms with Gasteiger partial charge in [0.05, 0.1) is 6.04 Å². The molecule has 3 saturated carbocycles. The van der Waals surface area contributed by atoms with Gasteiger partial charge < -0.3 is 10.1 Å². The summed E-state index contributed by atoms with van der Waals surface area (Å²) in [4.78, 5) is 17.3. The maximum atomic E-state index is 15.9. The van der Waals surface area contributed by atoms with Crippen LogP contribution in [0, 0.1) is 17.7 Å². The van der Waals surface area contributed by atoms with E-state index in [9.17, 15) is 4.79 Å². The molecular formula is C27H25FN2O2. The van der Waals surface area contributed by atoms with Crippen LogP contribution in [-0.4, -0.2) is 33.0 Å². The van der Waals surface area contributed by atoms with E-state index in [0.29, 0.717) is 35.4 Å². The molecule has 2 bridgehead atoms. The highest BCUT2D eigenvalue weighted by atomic mass is 19.1. The first-order valence-corrected chi connectivity index (χ1v) is 11.6. The number of carbonyl (C=O) groups is 1. The molecule has 3 heterocycles. The minimum Gasteiger partial charge on any atom is -0.478 e. The molecule has 0 saturated heterocycles. The van der Waals surface area contributed by atoms with Crippen LogP contribution in [0.25, 0.3) is 17.0 Å². The number of carboxylic acids is 1. The van der Waals surface area contributed by atoms with Crippen molar-refractivity contribution in [2.45, 2.75) is 50.2 Å². The fourth-order valence-electron chi connectivity index (χ4n) is 7.45. The highest BCUT2D eigenvalue weighted by Gasteiger charge is 2.61. The van der Waals surface area contributed by atoms with E-state index in [4.69, 9.17) is 5.11 Å². The van der Waals surface area contributed by atoms with Gasteiger partial charge in [-0.3, -0.25) is 4.90 Å². The highest BCUT2D eigenvalue weighted by Crippen LogP contribution is 2.65. The molecule has 1 aromatic heterocycles. The number of nitrogens with zero attached hydrogens (tertiary/aromatic N) is 1. The van der Waals surface area contributed by atoms with Crippen LogP contribution in [0.1, 0.15) is 59.7 Å². The van der Waals surface area contributed by atoms with Crippen LogP contribution >= 0.6 is 0 Å². The van der Waals surface area contributed by atoms with E-state index in [0.717, 1.165) is 34.8 Å². The quantitative estimate of drug-likeness (QED) is 0.549. The monoisotopic (exact) mass is 428 g/mol. The van der Waals surface area contributed by atoms with E-state index in [1.807, 2.05) is 6.07 Å². The molecule has 32 heavy (non-hydrogen) atoms. The number of hydrogen-bond acceptors (Lipinski definition) is 2. The fraction of sp³-hybridized carbons (Fsp3) is 0.370. The molecule has 2 aliphatic heterocycles.